The van der Waals surface area contributed by atoms with Crippen molar-refractivity contribution in [3.63, 3.8) is 0 Å². The zero-order valence-electron chi connectivity index (χ0n) is 16.9. The molecule has 1 fully saturated rings. The number of nitriles is 1. The van der Waals surface area contributed by atoms with Gasteiger partial charge >= 0.3 is 0 Å². The second-order valence-corrected chi connectivity index (χ2v) is 8.35. The first-order valence-electron chi connectivity index (χ1n) is 9.88. The van der Waals surface area contributed by atoms with E-state index in [0.29, 0.717) is 41.8 Å². The van der Waals surface area contributed by atoms with Gasteiger partial charge in [0.2, 0.25) is 0 Å². The molecule has 0 aliphatic carbocycles. The first kappa shape index (κ1) is 21.1. The number of benzene rings is 2. The number of thiazole rings is 1. The molecule has 2 aromatic carbocycles. The zero-order chi connectivity index (χ0) is 22.0. The molecule has 3 aromatic rings. The predicted octanol–water partition coefficient (Wildman–Crippen LogP) is 4.42. The highest BCUT2D eigenvalue weighted by Gasteiger charge is 2.29. The van der Waals surface area contributed by atoms with Gasteiger partial charge in [-0.25, -0.2) is 13.8 Å². The number of halogens is 2. The van der Waals surface area contributed by atoms with Crippen molar-refractivity contribution in [2.24, 2.45) is 0 Å². The van der Waals surface area contributed by atoms with Crippen molar-refractivity contribution in [1.29, 1.82) is 5.26 Å². The molecule has 158 valence electrons. The smallest absolute Gasteiger partial charge is 0.265 e. The Morgan fingerprint density at radius 2 is 1.61 bits per heavy atom. The van der Waals surface area contributed by atoms with Crippen LogP contribution >= 0.6 is 11.3 Å². The monoisotopic (exact) mass is 438 g/mol. The van der Waals surface area contributed by atoms with Crippen molar-refractivity contribution >= 4 is 17.2 Å². The fourth-order valence-electron chi connectivity index (χ4n) is 3.65. The van der Waals surface area contributed by atoms with Crippen LogP contribution in [0.5, 0.6) is 0 Å². The van der Waals surface area contributed by atoms with Crippen LogP contribution in [0.25, 0.3) is 10.6 Å². The Morgan fingerprint density at radius 3 is 2.19 bits per heavy atom. The van der Waals surface area contributed by atoms with Crippen LogP contribution in [0.15, 0.2) is 48.5 Å². The first-order valence-corrected chi connectivity index (χ1v) is 10.7. The number of aromatic nitrogens is 1. The molecule has 0 unspecified atom stereocenters. The van der Waals surface area contributed by atoms with Gasteiger partial charge in [-0.1, -0.05) is 12.1 Å². The van der Waals surface area contributed by atoms with Gasteiger partial charge in [0, 0.05) is 31.7 Å². The highest BCUT2D eigenvalue weighted by Crippen LogP contribution is 2.30. The average molecular weight is 439 g/mol. The van der Waals surface area contributed by atoms with Crippen LogP contribution in [-0.2, 0) is 0 Å². The van der Waals surface area contributed by atoms with Crippen LogP contribution in [0.4, 0.5) is 8.78 Å². The third-order valence-corrected chi connectivity index (χ3v) is 6.55. The third kappa shape index (κ3) is 4.48. The molecule has 0 saturated carbocycles. The Kier molecular flexibility index (Phi) is 6.07. The Labute approximate surface area is 183 Å². The molecule has 2 heterocycles. The van der Waals surface area contributed by atoms with E-state index >= 15 is 0 Å². The van der Waals surface area contributed by atoms with Gasteiger partial charge < -0.3 is 4.90 Å². The number of hydrogen-bond donors (Lipinski definition) is 0. The summed E-state index contributed by atoms with van der Waals surface area (Å²) in [6, 6.07) is 13.8. The van der Waals surface area contributed by atoms with Crippen molar-refractivity contribution < 1.29 is 13.6 Å². The van der Waals surface area contributed by atoms with Gasteiger partial charge in [0.15, 0.2) is 0 Å². The number of rotatable bonds is 4. The molecule has 1 amide bonds. The highest BCUT2D eigenvalue weighted by molar-refractivity contribution is 7.17. The fourth-order valence-corrected chi connectivity index (χ4v) is 4.69. The maximum Gasteiger partial charge on any atom is 0.265 e. The van der Waals surface area contributed by atoms with Gasteiger partial charge in [-0.15, -0.1) is 11.3 Å². The minimum atomic E-state index is -0.479. The van der Waals surface area contributed by atoms with Gasteiger partial charge in [-0.05, 0) is 48.9 Å². The predicted molar refractivity (Wildman–Crippen MR) is 114 cm³/mol. The second-order valence-electron chi connectivity index (χ2n) is 7.35. The summed E-state index contributed by atoms with van der Waals surface area (Å²) >= 11 is 1.30. The maximum atomic E-state index is 13.2. The highest BCUT2D eigenvalue weighted by atomic mass is 32.1. The maximum absolute atomic E-state index is 13.2. The molecule has 1 aromatic heterocycles. The van der Waals surface area contributed by atoms with Crippen molar-refractivity contribution in [1.82, 2.24) is 14.8 Å². The molecule has 31 heavy (non-hydrogen) atoms. The summed E-state index contributed by atoms with van der Waals surface area (Å²) in [4.78, 5) is 21.9. The van der Waals surface area contributed by atoms with Crippen LogP contribution < -0.4 is 0 Å². The van der Waals surface area contributed by atoms with Crippen LogP contribution in [0.2, 0.25) is 0 Å². The molecule has 1 aliphatic heterocycles. The van der Waals surface area contributed by atoms with Crippen molar-refractivity contribution in [3.8, 4) is 16.6 Å². The Bertz CT molecular complexity index is 1110. The second kappa shape index (κ2) is 8.92. The Hall–Kier alpha value is -3.15. The molecule has 5 nitrogen and oxygen atoms in total. The lowest BCUT2D eigenvalue weighted by Crippen LogP contribution is -2.49. The van der Waals surface area contributed by atoms with E-state index < -0.39 is 6.04 Å². The van der Waals surface area contributed by atoms with Crippen molar-refractivity contribution in [2.45, 2.75) is 13.0 Å². The van der Waals surface area contributed by atoms with Crippen molar-refractivity contribution in [3.05, 3.63) is 76.3 Å². The summed E-state index contributed by atoms with van der Waals surface area (Å²) in [5.74, 6) is -0.739. The molecule has 0 radical (unpaired) electrons. The number of carbonyl (C=O) groups excluding carboxylic acids is 1. The number of nitrogens with zero attached hydrogens (tertiary/aromatic N) is 4. The quantitative estimate of drug-likeness (QED) is 0.605. The van der Waals surface area contributed by atoms with Gasteiger partial charge in [0.1, 0.15) is 27.6 Å². The van der Waals surface area contributed by atoms with E-state index in [0.717, 1.165) is 11.1 Å². The van der Waals surface area contributed by atoms with Gasteiger partial charge in [-0.3, -0.25) is 9.69 Å². The topological polar surface area (TPSA) is 60.2 Å². The molecule has 1 aliphatic rings. The molecule has 0 bridgehead atoms. The molecule has 1 saturated heterocycles. The lowest BCUT2D eigenvalue weighted by Gasteiger charge is -2.36. The summed E-state index contributed by atoms with van der Waals surface area (Å²) in [7, 11) is 0. The van der Waals surface area contributed by atoms with E-state index in [9.17, 15) is 18.8 Å². The molecule has 8 heteroatoms. The van der Waals surface area contributed by atoms with Gasteiger partial charge in [0.25, 0.3) is 5.91 Å². The summed E-state index contributed by atoms with van der Waals surface area (Å²) < 4.78 is 26.4. The number of amides is 1. The summed E-state index contributed by atoms with van der Waals surface area (Å²) in [6.07, 6.45) is 0. The minimum Gasteiger partial charge on any atom is -0.335 e. The number of carbonyl (C=O) groups is 1. The SMILES string of the molecule is Cc1nc(-c2ccc(F)cc2)sc1C(=O)N1CCN([C@@H](C#N)c2ccc(F)cc2)CC1. The summed E-state index contributed by atoms with van der Waals surface area (Å²) in [5.41, 5.74) is 2.17. The molecule has 4 rings (SSSR count). The van der Waals surface area contributed by atoms with E-state index in [1.807, 2.05) is 4.90 Å². The van der Waals surface area contributed by atoms with E-state index in [1.54, 1.807) is 36.1 Å². The van der Waals surface area contributed by atoms with Crippen LogP contribution in [0, 0.1) is 29.9 Å². The van der Waals surface area contributed by atoms with Crippen molar-refractivity contribution in [2.75, 3.05) is 26.2 Å². The Morgan fingerprint density at radius 1 is 1.03 bits per heavy atom. The molecule has 1 atom stereocenters. The van der Waals surface area contributed by atoms with E-state index in [1.165, 1.54) is 35.6 Å². The van der Waals surface area contributed by atoms with E-state index in [2.05, 4.69) is 11.1 Å². The average Bonchev–Trinajstić information content (AvgIpc) is 3.17. The molecule has 0 N–H and O–H groups in total. The van der Waals surface area contributed by atoms with Gasteiger partial charge in [-0.2, -0.15) is 5.26 Å². The largest absolute Gasteiger partial charge is 0.335 e. The standard InChI is InChI=1S/C23H20F2N4OS/c1-15-21(31-22(27-15)17-4-8-19(25)9-5-17)23(30)29-12-10-28(11-13-29)20(14-26)16-2-6-18(24)7-3-16/h2-9,20H,10-13H2,1H3/t20-/m0/s1. The van der Waals surface area contributed by atoms with E-state index in [-0.39, 0.29) is 17.5 Å². The summed E-state index contributed by atoms with van der Waals surface area (Å²) in [5, 5.41) is 10.3. The van der Waals surface area contributed by atoms with Crippen LogP contribution in [-0.4, -0.2) is 46.9 Å². The minimum absolute atomic E-state index is 0.0849. The number of piperazine rings is 1. The van der Waals surface area contributed by atoms with Crippen LogP contribution in [0.1, 0.15) is 27.0 Å². The summed E-state index contributed by atoms with van der Waals surface area (Å²) in [6.45, 7) is 3.87. The lowest BCUT2D eigenvalue weighted by atomic mass is 10.1. The Balaban J connectivity index is 1.44. The third-order valence-electron chi connectivity index (χ3n) is 5.36. The zero-order valence-corrected chi connectivity index (χ0v) is 17.7. The van der Waals surface area contributed by atoms with Gasteiger partial charge in [0.05, 0.1) is 11.8 Å². The number of aryl methyl sites for hydroxylation is 1. The van der Waals surface area contributed by atoms with E-state index in [4.69, 9.17) is 0 Å². The molecular formula is C23H20F2N4OS. The fraction of sp³-hybridized carbons (Fsp3) is 0.261. The molecular weight excluding hydrogens is 418 g/mol. The lowest BCUT2D eigenvalue weighted by molar-refractivity contribution is 0.0610. The molecule has 0 spiro atoms. The number of hydrogen-bond acceptors (Lipinski definition) is 5. The van der Waals surface area contributed by atoms with Crippen LogP contribution in [0.3, 0.4) is 0 Å². The first-order chi connectivity index (χ1) is 15.0. The normalized spacial score (nSPS) is 15.5.